The lowest BCUT2D eigenvalue weighted by Crippen LogP contribution is -2.03. The number of aliphatic hydroxyl groups excluding tert-OH is 1. The van der Waals surface area contributed by atoms with Gasteiger partial charge in [0.15, 0.2) is 0 Å². The van der Waals surface area contributed by atoms with Crippen molar-refractivity contribution in [3.05, 3.63) is 35.4 Å². The van der Waals surface area contributed by atoms with Gasteiger partial charge >= 0.3 is 5.97 Å². The number of benzene rings is 1. The molecule has 0 amide bonds. The summed E-state index contributed by atoms with van der Waals surface area (Å²) in [5, 5.41) is 17.9. The van der Waals surface area contributed by atoms with Crippen molar-refractivity contribution in [3.63, 3.8) is 0 Å². The van der Waals surface area contributed by atoms with E-state index in [0.717, 1.165) is 0 Å². The predicted octanol–water partition coefficient (Wildman–Crippen LogP) is 1.42. The summed E-state index contributed by atoms with van der Waals surface area (Å²) in [6, 6.07) is 8.28. The standard InChI is InChI=1S/C11H11NO3/c1-15-11(14)9-4-2-3-8(7-9)10(13)5-6-12/h2-4,7,10,13H,5H2,1H3. The minimum absolute atomic E-state index is 0.00459. The number of hydrogen-bond acceptors (Lipinski definition) is 4. The molecule has 0 fully saturated rings. The van der Waals surface area contributed by atoms with E-state index in [-0.39, 0.29) is 6.42 Å². The van der Waals surface area contributed by atoms with Crippen molar-refractivity contribution in [2.75, 3.05) is 7.11 Å². The van der Waals surface area contributed by atoms with Gasteiger partial charge in [-0.05, 0) is 17.7 Å². The molecule has 0 radical (unpaired) electrons. The first kappa shape index (κ1) is 11.2. The lowest BCUT2D eigenvalue weighted by atomic mass is 10.0. The van der Waals surface area contributed by atoms with Gasteiger partial charge in [0.05, 0.1) is 31.3 Å². The van der Waals surface area contributed by atoms with E-state index in [1.54, 1.807) is 18.2 Å². The van der Waals surface area contributed by atoms with Crippen LogP contribution in [-0.2, 0) is 4.74 Å². The summed E-state index contributed by atoms with van der Waals surface area (Å²) in [5.41, 5.74) is 0.909. The zero-order chi connectivity index (χ0) is 11.3. The molecule has 1 aromatic carbocycles. The number of aliphatic hydroxyl groups is 1. The number of hydrogen-bond donors (Lipinski definition) is 1. The van der Waals surface area contributed by atoms with Gasteiger partial charge in [-0.15, -0.1) is 0 Å². The Kier molecular flexibility index (Phi) is 3.83. The number of esters is 1. The van der Waals surface area contributed by atoms with Crippen molar-refractivity contribution in [3.8, 4) is 6.07 Å². The number of carbonyl (C=O) groups excluding carboxylic acids is 1. The third kappa shape index (κ3) is 2.79. The maximum Gasteiger partial charge on any atom is 0.337 e. The van der Waals surface area contributed by atoms with Crippen molar-refractivity contribution in [2.24, 2.45) is 0 Å². The smallest absolute Gasteiger partial charge is 0.337 e. The molecule has 1 atom stereocenters. The van der Waals surface area contributed by atoms with Crippen LogP contribution in [-0.4, -0.2) is 18.2 Å². The minimum Gasteiger partial charge on any atom is -0.465 e. The largest absolute Gasteiger partial charge is 0.465 e. The van der Waals surface area contributed by atoms with Crippen LogP contribution < -0.4 is 0 Å². The Morgan fingerprint density at radius 1 is 1.67 bits per heavy atom. The van der Waals surface area contributed by atoms with E-state index in [1.807, 2.05) is 6.07 Å². The van der Waals surface area contributed by atoms with Crippen molar-refractivity contribution in [1.82, 2.24) is 0 Å². The van der Waals surface area contributed by atoms with Gasteiger partial charge in [0, 0.05) is 0 Å². The Hall–Kier alpha value is -1.86. The third-order valence-electron chi connectivity index (χ3n) is 1.98. The maximum atomic E-state index is 11.2. The number of rotatable bonds is 3. The lowest BCUT2D eigenvalue weighted by Gasteiger charge is -2.07. The van der Waals surface area contributed by atoms with Gasteiger partial charge in [-0.3, -0.25) is 0 Å². The molecule has 0 heterocycles. The van der Waals surface area contributed by atoms with Crippen molar-refractivity contribution in [2.45, 2.75) is 12.5 Å². The molecule has 78 valence electrons. The Bertz CT molecular complexity index is 395. The summed E-state index contributed by atoms with van der Waals surface area (Å²) in [6.07, 6.45) is -0.857. The predicted molar refractivity (Wildman–Crippen MR) is 53.0 cm³/mol. The van der Waals surface area contributed by atoms with E-state index < -0.39 is 12.1 Å². The zero-order valence-electron chi connectivity index (χ0n) is 8.30. The molecule has 4 heteroatoms. The second kappa shape index (κ2) is 5.13. The van der Waals surface area contributed by atoms with Gasteiger partial charge in [0.25, 0.3) is 0 Å². The Labute approximate surface area is 87.7 Å². The molecule has 0 saturated carbocycles. The highest BCUT2D eigenvalue weighted by molar-refractivity contribution is 5.89. The molecule has 0 aliphatic rings. The fourth-order valence-electron chi connectivity index (χ4n) is 1.20. The van der Waals surface area contributed by atoms with Gasteiger partial charge in [-0.2, -0.15) is 5.26 Å². The maximum absolute atomic E-state index is 11.2. The average Bonchev–Trinajstić information content (AvgIpc) is 2.28. The van der Waals surface area contributed by atoms with Gasteiger partial charge in [-0.1, -0.05) is 12.1 Å². The summed E-state index contributed by atoms with van der Waals surface area (Å²) in [4.78, 5) is 11.2. The van der Waals surface area contributed by atoms with Crippen molar-refractivity contribution >= 4 is 5.97 Å². The van der Waals surface area contributed by atoms with Gasteiger partial charge in [-0.25, -0.2) is 4.79 Å². The van der Waals surface area contributed by atoms with Gasteiger partial charge < -0.3 is 9.84 Å². The third-order valence-corrected chi connectivity index (χ3v) is 1.98. The molecule has 1 N–H and O–H groups in total. The molecule has 1 aromatic rings. The first-order valence-corrected chi connectivity index (χ1v) is 4.42. The van der Waals surface area contributed by atoms with Crippen LogP contribution in [0.5, 0.6) is 0 Å². The van der Waals surface area contributed by atoms with Crippen LogP contribution in [0.2, 0.25) is 0 Å². The Morgan fingerprint density at radius 2 is 2.40 bits per heavy atom. The normalized spacial score (nSPS) is 11.5. The van der Waals surface area contributed by atoms with E-state index >= 15 is 0 Å². The van der Waals surface area contributed by atoms with Crippen molar-refractivity contribution < 1.29 is 14.6 Å². The van der Waals surface area contributed by atoms with Crippen LogP contribution in [0.4, 0.5) is 0 Å². The molecule has 1 rings (SSSR count). The lowest BCUT2D eigenvalue weighted by molar-refractivity contribution is 0.0600. The average molecular weight is 205 g/mol. The SMILES string of the molecule is COC(=O)c1cccc(C(O)CC#N)c1. The molecule has 0 bridgehead atoms. The minimum atomic E-state index is -0.861. The molecule has 15 heavy (non-hydrogen) atoms. The highest BCUT2D eigenvalue weighted by Gasteiger charge is 2.10. The van der Waals surface area contributed by atoms with Crippen LogP contribution in [0.25, 0.3) is 0 Å². The summed E-state index contributed by atoms with van der Waals surface area (Å²) in [5.74, 6) is -0.457. The highest BCUT2D eigenvalue weighted by Crippen LogP contribution is 2.17. The van der Waals surface area contributed by atoms with Crippen LogP contribution in [0.15, 0.2) is 24.3 Å². The molecule has 0 saturated heterocycles. The van der Waals surface area contributed by atoms with Gasteiger partial charge in [0.2, 0.25) is 0 Å². The number of nitrogens with zero attached hydrogens (tertiary/aromatic N) is 1. The van der Waals surface area contributed by atoms with Crippen LogP contribution in [0, 0.1) is 11.3 Å². The molecule has 0 spiro atoms. The number of carbonyl (C=O) groups is 1. The molecular formula is C11H11NO3. The fraction of sp³-hybridized carbons (Fsp3) is 0.273. The van der Waals surface area contributed by atoms with E-state index in [1.165, 1.54) is 13.2 Å². The van der Waals surface area contributed by atoms with Crippen LogP contribution >= 0.6 is 0 Å². The van der Waals surface area contributed by atoms with E-state index in [4.69, 9.17) is 5.26 Å². The highest BCUT2D eigenvalue weighted by atomic mass is 16.5. The van der Waals surface area contributed by atoms with E-state index in [2.05, 4.69) is 4.74 Å². The second-order valence-electron chi connectivity index (χ2n) is 3.00. The van der Waals surface area contributed by atoms with E-state index in [9.17, 15) is 9.90 Å². The van der Waals surface area contributed by atoms with Crippen molar-refractivity contribution in [1.29, 1.82) is 5.26 Å². The Morgan fingerprint density at radius 3 is 3.00 bits per heavy atom. The van der Waals surface area contributed by atoms with Crippen LogP contribution in [0.1, 0.15) is 28.4 Å². The quantitative estimate of drug-likeness (QED) is 0.757. The molecule has 4 nitrogen and oxygen atoms in total. The topological polar surface area (TPSA) is 70.3 Å². The molecule has 0 aromatic heterocycles. The van der Waals surface area contributed by atoms with Gasteiger partial charge in [0.1, 0.15) is 0 Å². The fourth-order valence-corrected chi connectivity index (χ4v) is 1.20. The summed E-state index contributed by atoms with van der Waals surface area (Å²) < 4.78 is 4.55. The summed E-state index contributed by atoms with van der Waals surface area (Å²) >= 11 is 0. The number of methoxy groups -OCH3 is 1. The first-order chi connectivity index (χ1) is 7.19. The Balaban J connectivity index is 2.93. The number of nitriles is 1. The number of ether oxygens (including phenoxy) is 1. The second-order valence-corrected chi connectivity index (χ2v) is 3.00. The summed E-state index contributed by atoms with van der Waals surface area (Å²) in [7, 11) is 1.29. The van der Waals surface area contributed by atoms with Crippen LogP contribution in [0.3, 0.4) is 0 Å². The molecule has 0 aliphatic heterocycles. The first-order valence-electron chi connectivity index (χ1n) is 4.42. The zero-order valence-corrected chi connectivity index (χ0v) is 8.30. The molecular weight excluding hydrogens is 194 g/mol. The molecule has 0 aliphatic carbocycles. The monoisotopic (exact) mass is 205 g/mol. The summed E-state index contributed by atoms with van der Waals surface area (Å²) in [6.45, 7) is 0. The van der Waals surface area contributed by atoms with E-state index in [0.29, 0.717) is 11.1 Å². The molecule has 1 unspecified atom stereocenters.